The molecule has 0 bridgehead atoms. The van der Waals surface area contributed by atoms with Crippen LogP contribution >= 0.6 is 0 Å². The van der Waals surface area contributed by atoms with Gasteiger partial charge in [0.15, 0.2) is 17.5 Å². The normalized spacial score (nSPS) is 12.6. The molecule has 0 saturated heterocycles. The summed E-state index contributed by atoms with van der Waals surface area (Å²) in [6, 6.07) is 12.4. The Labute approximate surface area is 242 Å². The molecule has 3 N–H and O–H groups in total. The largest absolute Gasteiger partial charge is 1.00 e. The quantitative estimate of drug-likeness (QED) is 0.268. The molecule has 0 radical (unpaired) electrons. The molecule has 0 unspecified atom stereocenters. The number of aromatic nitrogens is 2. The molecule has 198 valence electrons. The average molecular weight is 538 g/mol. The van der Waals surface area contributed by atoms with E-state index in [-0.39, 0.29) is 78.5 Å². The number of carboxylic acids is 1. The Morgan fingerprint density at radius 2 is 1.74 bits per heavy atom. The standard InChI is InChI=1S/C27H31F2N3O5.Na/c1-16(2)32-23(11-9-19(33)13-20(34)14-24(35)36)25(18-8-10-21(28)22(29)12-18)31-26(32)27(37)30-15-17-6-4-3-5-7-17;/h3-8,10,12,16,19-20,33-34H,9,11,13-15H2,1-2H3,(H,30,37)(H,35,36);/q;+1/p-1/t19-,20-;/m1./s1. The summed E-state index contributed by atoms with van der Waals surface area (Å²) in [5.41, 5.74) is 1.92. The van der Waals surface area contributed by atoms with Crippen LogP contribution in [-0.4, -0.2) is 43.8 Å². The van der Waals surface area contributed by atoms with E-state index in [1.807, 2.05) is 44.2 Å². The fourth-order valence-corrected chi connectivity index (χ4v) is 4.16. The number of carbonyl (C=O) groups excluding carboxylic acids is 2. The predicted molar refractivity (Wildman–Crippen MR) is 130 cm³/mol. The minimum atomic E-state index is -1.43. The zero-order valence-electron chi connectivity index (χ0n) is 21.7. The fourth-order valence-electron chi connectivity index (χ4n) is 4.16. The van der Waals surface area contributed by atoms with Crippen molar-refractivity contribution in [3.8, 4) is 11.3 Å². The smallest absolute Gasteiger partial charge is 0.550 e. The van der Waals surface area contributed by atoms with Gasteiger partial charge in [-0.15, -0.1) is 0 Å². The van der Waals surface area contributed by atoms with E-state index in [1.54, 1.807) is 4.57 Å². The predicted octanol–water partition coefficient (Wildman–Crippen LogP) is -0.472. The topological polar surface area (TPSA) is 128 Å². The Morgan fingerprint density at radius 1 is 1.05 bits per heavy atom. The second-order valence-corrected chi connectivity index (χ2v) is 9.15. The number of aliphatic hydroxyl groups excluding tert-OH is 2. The second-order valence-electron chi connectivity index (χ2n) is 9.15. The maximum Gasteiger partial charge on any atom is 1.00 e. The molecule has 8 nitrogen and oxygen atoms in total. The Bertz CT molecular complexity index is 1240. The molecule has 1 aromatic heterocycles. The van der Waals surface area contributed by atoms with E-state index < -0.39 is 42.1 Å². The van der Waals surface area contributed by atoms with Crippen molar-refractivity contribution < 1.29 is 63.2 Å². The van der Waals surface area contributed by atoms with Crippen LogP contribution in [-0.2, 0) is 17.8 Å². The molecule has 3 aromatic rings. The Balaban J connectivity index is 0.00000507. The molecule has 38 heavy (non-hydrogen) atoms. The molecule has 0 aliphatic heterocycles. The molecule has 0 fully saturated rings. The van der Waals surface area contributed by atoms with Crippen molar-refractivity contribution in [3.63, 3.8) is 0 Å². The molecule has 2 aromatic carbocycles. The first-order chi connectivity index (χ1) is 17.6. The molecule has 0 aliphatic carbocycles. The van der Waals surface area contributed by atoms with Gasteiger partial charge in [0.25, 0.3) is 5.91 Å². The molecular weight excluding hydrogens is 507 g/mol. The number of nitrogens with one attached hydrogen (secondary N) is 1. The average Bonchev–Trinajstić information content (AvgIpc) is 3.23. The zero-order chi connectivity index (χ0) is 27.1. The maximum atomic E-state index is 14.1. The minimum Gasteiger partial charge on any atom is -0.550 e. The van der Waals surface area contributed by atoms with E-state index in [2.05, 4.69) is 10.3 Å². The summed E-state index contributed by atoms with van der Waals surface area (Å²) < 4.78 is 29.4. The van der Waals surface area contributed by atoms with Gasteiger partial charge < -0.3 is 30.0 Å². The number of halogens is 2. The van der Waals surface area contributed by atoms with Crippen LogP contribution in [0.5, 0.6) is 0 Å². The third kappa shape index (κ3) is 8.44. The zero-order valence-corrected chi connectivity index (χ0v) is 23.7. The summed E-state index contributed by atoms with van der Waals surface area (Å²) in [5, 5.41) is 33.7. The van der Waals surface area contributed by atoms with Crippen LogP contribution in [0.3, 0.4) is 0 Å². The number of rotatable bonds is 12. The van der Waals surface area contributed by atoms with E-state index >= 15 is 0 Å². The van der Waals surface area contributed by atoms with Crippen molar-refractivity contribution in [2.45, 2.75) is 64.3 Å². The molecule has 2 atom stereocenters. The first-order valence-corrected chi connectivity index (χ1v) is 12.0. The van der Waals surface area contributed by atoms with Crippen LogP contribution in [0.1, 0.15) is 61.0 Å². The van der Waals surface area contributed by atoms with Gasteiger partial charge in [-0.3, -0.25) is 4.79 Å². The number of aliphatic hydroxyl groups is 2. The van der Waals surface area contributed by atoms with Crippen molar-refractivity contribution in [3.05, 3.63) is 77.2 Å². The van der Waals surface area contributed by atoms with Gasteiger partial charge in [-0.05, 0) is 56.9 Å². The van der Waals surface area contributed by atoms with Crippen LogP contribution < -0.4 is 40.0 Å². The second kappa shape index (κ2) is 14.5. The minimum absolute atomic E-state index is 0. The van der Waals surface area contributed by atoms with E-state index in [0.29, 0.717) is 5.69 Å². The molecule has 0 spiro atoms. The summed E-state index contributed by atoms with van der Waals surface area (Å²) in [4.78, 5) is 28.4. The van der Waals surface area contributed by atoms with Gasteiger partial charge in [-0.25, -0.2) is 13.8 Å². The monoisotopic (exact) mass is 537 g/mol. The number of carboxylic acid groups (broad SMARTS) is 1. The van der Waals surface area contributed by atoms with E-state index in [0.717, 1.165) is 17.7 Å². The van der Waals surface area contributed by atoms with Crippen LogP contribution in [0.2, 0.25) is 0 Å². The summed E-state index contributed by atoms with van der Waals surface area (Å²) in [5.74, 6) is -3.90. The van der Waals surface area contributed by atoms with Crippen molar-refractivity contribution in [1.29, 1.82) is 0 Å². The molecule has 0 aliphatic rings. The van der Waals surface area contributed by atoms with Crippen molar-refractivity contribution >= 4 is 11.9 Å². The van der Waals surface area contributed by atoms with Crippen molar-refractivity contribution in [1.82, 2.24) is 14.9 Å². The number of aliphatic carboxylic acids is 1. The van der Waals surface area contributed by atoms with Crippen LogP contribution in [0.4, 0.5) is 8.78 Å². The number of hydrogen-bond acceptors (Lipinski definition) is 6. The summed E-state index contributed by atoms with van der Waals surface area (Å²) in [7, 11) is 0. The Kier molecular flexibility index (Phi) is 12.1. The molecule has 0 saturated carbocycles. The number of carbonyl (C=O) groups is 2. The van der Waals surface area contributed by atoms with E-state index in [4.69, 9.17) is 0 Å². The van der Waals surface area contributed by atoms with Gasteiger partial charge in [0.2, 0.25) is 0 Å². The van der Waals surface area contributed by atoms with Gasteiger partial charge in [-0.2, -0.15) is 0 Å². The fraction of sp³-hybridized carbons (Fsp3) is 0.370. The summed E-state index contributed by atoms with van der Waals surface area (Å²) in [6.07, 6.45) is -2.85. The third-order valence-corrected chi connectivity index (χ3v) is 5.88. The first-order valence-electron chi connectivity index (χ1n) is 12.0. The van der Waals surface area contributed by atoms with E-state index in [9.17, 15) is 33.7 Å². The molecule has 1 amide bonds. The molecular formula is C27H30F2N3NaO5. The maximum absolute atomic E-state index is 14.1. The summed E-state index contributed by atoms with van der Waals surface area (Å²) >= 11 is 0. The van der Waals surface area contributed by atoms with Crippen LogP contribution in [0, 0.1) is 11.6 Å². The van der Waals surface area contributed by atoms with Crippen molar-refractivity contribution in [2.24, 2.45) is 0 Å². The number of amides is 1. The molecule has 11 heteroatoms. The first kappa shape index (κ1) is 31.6. The Morgan fingerprint density at radius 3 is 2.34 bits per heavy atom. The van der Waals surface area contributed by atoms with Gasteiger partial charge in [-0.1, -0.05) is 30.3 Å². The van der Waals surface area contributed by atoms with Crippen LogP contribution in [0.15, 0.2) is 48.5 Å². The van der Waals surface area contributed by atoms with Gasteiger partial charge >= 0.3 is 29.6 Å². The van der Waals surface area contributed by atoms with E-state index in [1.165, 1.54) is 6.07 Å². The number of nitrogens with zero attached hydrogens (tertiary/aromatic N) is 2. The molecule has 3 rings (SSSR count). The number of imidazole rings is 1. The van der Waals surface area contributed by atoms with Gasteiger partial charge in [0.05, 0.1) is 17.9 Å². The van der Waals surface area contributed by atoms with Crippen molar-refractivity contribution in [2.75, 3.05) is 0 Å². The molecule has 1 heterocycles. The van der Waals surface area contributed by atoms with Gasteiger partial charge in [0.1, 0.15) is 0 Å². The van der Waals surface area contributed by atoms with Crippen LogP contribution in [0.25, 0.3) is 11.3 Å². The SMILES string of the molecule is CC(C)n1c(C(=O)NCc2ccccc2)nc(-c2ccc(F)c(F)c2)c1CC[C@@H](O)C[C@@H](O)CC(=O)[O-].[Na+]. The Hall–Kier alpha value is -2.63. The number of benzene rings is 2. The number of hydrogen-bond donors (Lipinski definition) is 3. The third-order valence-electron chi connectivity index (χ3n) is 5.88. The summed E-state index contributed by atoms with van der Waals surface area (Å²) in [6.45, 7) is 3.94. The van der Waals surface area contributed by atoms with Gasteiger partial charge in [0, 0.05) is 36.2 Å².